The molecule has 0 spiro atoms. The Bertz CT molecular complexity index is 767. The highest BCUT2D eigenvalue weighted by atomic mass is 16.5. The maximum atomic E-state index is 12.0. The quantitative estimate of drug-likeness (QED) is 0.867. The molecule has 0 unspecified atom stereocenters. The zero-order valence-electron chi connectivity index (χ0n) is 13.6. The number of hydrogen-bond acceptors (Lipinski definition) is 3. The fourth-order valence-corrected chi connectivity index (χ4v) is 2.91. The molecule has 4 nitrogen and oxygen atoms in total. The molecule has 1 aliphatic rings. The number of carbonyl (C=O) groups excluding carboxylic acids is 1. The van der Waals surface area contributed by atoms with Crippen LogP contribution in [0.5, 0.6) is 5.75 Å². The van der Waals surface area contributed by atoms with E-state index in [4.69, 9.17) is 4.74 Å². The van der Waals surface area contributed by atoms with Crippen molar-refractivity contribution in [3.63, 3.8) is 0 Å². The van der Waals surface area contributed by atoms with Crippen LogP contribution in [0.1, 0.15) is 36.1 Å². The minimum absolute atomic E-state index is 0.0551. The first-order valence-corrected chi connectivity index (χ1v) is 7.67. The van der Waals surface area contributed by atoms with Gasteiger partial charge in [-0.15, -0.1) is 0 Å². The topological polar surface area (TPSA) is 41.9 Å². The van der Waals surface area contributed by atoms with E-state index in [9.17, 15) is 4.79 Å². The second kappa shape index (κ2) is 6.24. The SMILES string of the molecule is COc1cccc([C@@H]2CC(c3cccc(C)c3)=NN2C(C)=O)c1. The van der Waals surface area contributed by atoms with Gasteiger partial charge in [0.25, 0.3) is 0 Å². The molecule has 0 aromatic heterocycles. The molecule has 0 aliphatic carbocycles. The largest absolute Gasteiger partial charge is 0.497 e. The predicted octanol–water partition coefficient (Wildman–Crippen LogP) is 3.70. The van der Waals surface area contributed by atoms with Gasteiger partial charge in [0.05, 0.1) is 18.9 Å². The maximum absolute atomic E-state index is 12.0. The van der Waals surface area contributed by atoms with E-state index in [0.717, 1.165) is 22.6 Å². The molecule has 1 heterocycles. The lowest BCUT2D eigenvalue weighted by molar-refractivity contribution is -0.130. The molecule has 0 saturated carbocycles. The van der Waals surface area contributed by atoms with E-state index < -0.39 is 0 Å². The van der Waals surface area contributed by atoms with Gasteiger partial charge in [0.1, 0.15) is 5.75 Å². The van der Waals surface area contributed by atoms with Crippen LogP contribution in [0, 0.1) is 6.92 Å². The van der Waals surface area contributed by atoms with Crippen molar-refractivity contribution in [2.24, 2.45) is 5.10 Å². The summed E-state index contributed by atoms with van der Waals surface area (Å²) in [5, 5.41) is 6.15. The molecule has 23 heavy (non-hydrogen) atoms. The van der Waals surface area contributed by atoms with Crippen LogP contribution in [0.25, 0.3) is 0 Å². The Morgan fingerprint density at radius 1 is 1.22 bits per heavy atom. The molecule has 0 bridgehead atoms. The minimum atomic E-state index is -0.0851. The standard InChI is InChI=1S/C19H20N2O2/c1-13-6-4-7-15(10-13)18-12-19(21(20-18)14(2)22)16-8-5-9-17(11-16)23-3/h4-11,19H,12H2,1-3H3/t19-/m0/s1. The lowest BCUT2D eigenvalue weighted by Gasteiger charge is -2.20. The molecular weight excluding hydrogens is 288 g/mol. The lowest BCUT2D eigenvalue weighted by Crippen LogP contribution is -2.24. The van der Waals surface area contributed by atoms with E-state index in [-0.39, 0.29) is 11.9 Å². The number of benzene rings is 2. The van der Waals surface area contributed by atoms with E-state index in [2.05, 4.69) is 24.2 Å². The van der Waals surface area contributed by atoms with Crippen LogP contribution < -0.4 is 4.74 Å². The van der Waals surface area contributed by atoms with Crippen molar-refractivity contribution in [3.8, 4) is 5.75 Å². The highest BCUT2D eigenvalue weighted by Gasteiger charge is 2.31. The number of aryl methyl sites for hydroxylation is 1. The van der Waals surface area contributed by atoms with Crippen molar-refractivity contribution in [3.05, 3.63) is 65.2 Å². The third-order valence-corrected chi connectivity index (χ3v) is 4.06. The van der Waals surface area contributed by atoms with E-state index in [1.807, 2.05) is 36.4 Å². The molecule has 2 aromatic rings. The Labute approximate surface area is 136 Å². The fourth-order valence-electron chi connectivity index (χ4n) is 2.91. The molecule has 0 fully saturated rings. The highest BCUT2D eigenvalue weighted by molar-refractivity contribution is 6.03. The third kappa shape index (κ3) is 3.11. The summed E-state index contributed by atoms with van der Waals surface area (Å²) in [6.45, 7) is 3.61. The number of hydrazone groups is 1. The number of amides is 1. The van der Waals surface area contributed by atoms with Gasteiger partial charge in [-0.25, -0.2) is 5.01 Å². The van der Waals surface area contributed by atoms with Crippen LogP contribution in [0.15, 0.2) is 53.6 Å². The predicted molar refractivity (Wildman–Crippen MR) is 90.6 cm³/mol. The molecule has 0 saturated heterocycles. The van der Waals surface area contributed by atoms with E-state index in [0.29, 0.717) is 6.42 Å². The van der Waals surface area contributed by atoms with Crippen LogP contribution in [-0.4, -0.2) is 23.7 Å². The number of nitrogens with zero attached hydrogens (tertiary/aromatic N) is 2. The summed E-state index contributed by atoms with van der Waals surface area (Å²) in [5.41, 5.74) is 4.23. The summed E-state index contributed by atoms with van der Waals surface area (Å²) >= 11 is 0. The lowest BCUT2D eigenvalue weighted by atomic mass is 9.97. The average molecular weight is 308 g/mol. The second-order valence-corrected chi connectivity index (χ2v) is 5.78. The number of methoxy groups -OCH3 is 1. The molecule has 118 valence electrons. The highest BCUT2D eigenvalue weighted by Crippen LogP contribution is 2.34. The van der Waals surface area contributed by atoms with Crippen LogP contribution in [0.4, 0.5) is 0 Å². The molecule has 0 N–H and O–H groups in total. The van der Waals surface area contributed by atoms with Crippen molar-refractivity contribution >= 4 is 11.6 Å². The smallest absolute Gasteiger partial charge is 0.240 e. The van der Waals surface area contributed by atoms with Gasteiger partial charge in [-0.3, -0.25) is 4.79 Å². The normalized spacial score (nSPS) is 17.1. The zero-order chi connectivity index (χ0) is 16.4. The Morgan fingerprint density at radius 2 is 2.00 bits per heavy atom. The molecule has 0 radical (unpaired) electrons. The first-order valence-electron chi connectivity index (χ1n) is 7.67. The van der Waals surface area contributed by atoms with Gasteiger partial charge in [-0.2, -0.15) is 5.10 Å². The number of ether oxygens (including phenoxy) is 1. The first kappa shape index (κ1) is 15.3. The summed E-state index contributed by atoms with van der Waals surface area (Å²) in [7, 11) is 1.64. The molecule has 3 rings (SSSR count). The number of hydrogen-bond donors (Lipinski definition) is 0. The average Bonchev–Trinajstić information content (AvgIpc) is 3.00. The summed E-state index contributed by atoms with van der Waals surface area (Å²) in [4.78, 5) is 12.0. The maximum Gasteiger partial charge on any atom is 0.240 e. The molecule has 4 heteroatoms. The van der Waals surface area contributed by atoms with Gasteiger partial charge < -0.3 is 4.74 Å². The Balaban J connectivity index is 1.95. The van der Waals surface area contributed by atoms with Crippen molar-refractivity contribution in [2.45, 2.75) is 26.3 Å². The molecule has 1 atom stereocenters. The van der Waals surface area contributed by atoms with Crippen molar-refractivity contribution in [2.75, 3.05) is 7.11 Å². The zero-order valence-corrected chi connectivity index (χ0v) is 13.6. The summed E-state index contributed by atoms with van der Waals surface area (Å²) in [6, 6.07) is 16.0. The Morgan fingerprint density at radius 3 is 2.70 bits per heavy atom. The number of carbonyl (C=O) groups is 1. The van der Waals surface area contributed by atoms with Gasteiger partial charge in [-0.05, 0) is 30.2 Å². The number of rotatable bonds is 3. The van der Waals surface area contributed by atoms with Crippen LogP contribution in [0.3, 0.4) is 0 Å². The van der Waals surface area contributed by atoms with Crippen LogP contribution in [-0.2, 0) is 4.79 Å². The van der Waals surface area contributed by atoms with E-state index >= 15 is 0 Å². The van der Waals surface area contributed by atoms with Gasteiger partial charge in [0, 0.05) is 13.3 Å². The second-order valence-electron chi connectivity index (χ2n) is 5.78. The van der Waals surface area contributed by atoms with Gasteiger partial charge in [0.2, 0.25) is 5.91 Å². The molecule has 2 aromatic carbocycles. The van der Waals surface area contributed by atoms with Crippen molar-refractivity contribution in [1.29, 1.82) is 0 Å². The van der Waals surface area contributed by atoms with E-state index in [1.54, 1.807) is 19.0 Å². The van der Waals surface area contributed by atoms with Crippen LogP contribution >= 0.6 is 0 Å². The van der Waals surface area contributed by atoms with Gasteiger partial charge >= 0.3 is 0 Å². The molecular formula is C19H20N2O2. The molecule has 1 amide bonds. The minimum Gasteiger partial charge on any atom is -0.497 e. The van der Waals surface area contributed by atoms with Gasteiger partial charge in [0.15, 0.2) is 0 Å². The fraction of sp³-hybridized carbons (Fsp3) is 0.263. The Kier molecular flexibility index (Phi) is 4.15. The van der Waals surface area contributed by atoms with Crippen molar-refractivity contribution < 1.29 is 9.53 Å². The van der Waals surface area contributed by atoms with Crippen molar-refractivity contribution in [1.82, 2.24) is 5.01 Å². The third-order valence-electron chi connectivity index (χ3n) is 4.06. The Hall–Kier alpha value is -2.62. The molecule has 1 aliphatic heterocycles. The monoisotopic (exact) mass is 308 g/mol. The summed E-state index contributed by atoms with van der Waals surface area (Å²) in [6.07, 6.45) is 0.705. The summed E-state index contributed by atoms with van der Waals surface area (Å²) < 4.78 is 5.30. The van der Waals surface area contributed by atoms with Crippen LogP contribution in [0.2, 0.25) is 0 Å². The van der Waals surface area contributed by atoms with Gasteiger partial charge in [-0.1, -0.05) is 42.0 Å². The van der Waals surface area contributed by atoms with E-state index in [1.165, 1.54) is 5.56 Å². The summed E-state index contributed by atoms with van der Waals surface area (Å²) in [5.74, 6) is 0.732. The first-order chi connectivity index (χ1) is 11.1.